The molecule has 7 heteroatoms. The van der Waals surface area contributed by atoms with Crippen LogP contribution in [0.15, 0.2) is 0 Å². The van der Waals surface area contributed by atoms with Crippen LogP contribution in [-0.2, 0) is 9.53 Å². The molecule has 0 aliphatic carbocycles. The summed E-state index contributed by atoms with van der Waals surface area (Å²) in [4.78, 5) is 10.8. The van der Waals surface area contributed by atoms with Crippen molar-refractivity contribution in [3.63, 3.8) is 0 Å². The van der Waals surface area contributed by atoms with Crippen LogP contribution in [0.25, 0.3) is 0 Å². The fourth-order valence-electron chi connectivity index (χ4n) is 1.14. The number of halogens is 3. The zero-order chi connectivity index (χ0) is 12.8. The van der Waals surface area contributed by atoms with Gasteiger partial charge >= 0.3 is 12.1 Å². The second-order valence-electron chi connectivity index (χ2n) is 3.58. The van der Waals surface area contributed by atoms with E-state index in [1.165, 1.54) is 6.92 Å². The van der Waals surface area contributed by atoms with Gasteiger partial charge in [0.25, 0.3) is 0 Å². The number of aliphatic hydroxyl groups excluding tert-OH is 1. The predicted molar refractivity (Wildman–Crippen MR) is 49.0 cm³/mol. The Morgan fingerprint density at radius 3 is 2.25 bits per heavy atom. The van der Waals surface area contributed by atoms with E-state index in [4.69, 9.17) is 14.9 Å². The van der Waals surface area contributed by atoms with Crippen LogP contribution < -0.4 is 0 Å². The van der Waals surface area contributed by atoms with Crippen LogP contribution in [0.3, 0.4) is 0 Å². The summed E-state index contributed by atoms with van der Waals surface area (Å²) in [5, 5.41) is 17.3. The van der Waals surface area contributed by atoms with E-state index in [1.807, 2.05) is 0 Å². The first kappa shape index (κ1) is 15.2. The highest BCUT2D eigenvalue weighted by Crippen LogP contribution is 2.26. The van der Waals surface area contributed by atoms with Crippen molar-refractivity contribution in [2.45, 2.75) is 38.0 Å². The second-order valence-corrected chi connectivity index (χ2v) is 3.58. The number of rotatable bonds is 7. The van der Waals surface area contributed by atoms with Crippen molar-refractivity contribution >= 4 is 5.97 Å². The van der Waals surface area contributed by atoms with Gasteiger partial charge in [0.1, 0.15) is 0 Å². The Bertz CT molecular complexity index is 229. The van der Waals surface area contributed by atoms with E-state index >= 15 is 0 Å². The van der Waals surface area contributed by atoms with Crippen LogP contribution in [0.5, 0.6) is 0 Å². The Labute approximate surface area is 91.0 Å². The van der Waals surface area contributed by atoms with E-state index in [2.05, 4.69) is 0 Å². The van der Waals surface area contributed by atoms with E-state index in [1.54, 1.807) is 0 Å². The molecule has 16 heavy (non-hydrogen) atoms. The third-order valence-corrected chi connectivity index (χ3v) is 2.08. The average molecular weight is 244 g/mol. The first-order valence-electron chi connectivity index (χ1n) is 4.76. The van der Waals surface area contributed by atoms with Crippen molar-refractivity contribution in [1.82, 2.24) is 0 Å². The van der Waals surface area contributed by atoms with E-state index in [9.17, 15) is 18.0 Å². The van der Waals surface area contributed by atoms with Crippen molar-refractivity contribution in [3.05, 3.63) is 0 Å². The number of ether oxygens (including phenoxy) is 1. The fourth-order valence-corrected chi connectivity index (χ4v) is 1.14. The molecule has 0 fully saturated rings. The lowest BCUT2D eigenvalue weighted by Gasteiger charge is -2.25. The van der Waals surface area contributed by atoms with Crippen LogP contribution >= 0.6 is 0 Å². The molecule has 0 bridgehead atoms. The molecular formula is C9H15F3O4. The van der Waals surface area contributed by atoms with Crippen LogP contribution in [0, 0.1) is 0 Å². The Morgan fingerprint density at radius 2 is 1.88 bits per heavy atom. The Kier molecular flexibility index (Phi) is 5.74. The van der Waals surface area contributed by atoms with Crippen molar-refractivity contribution in [2.75, 3.05) is 13.2 Å². The normalized spacial score (nSPS) is 15.8. The third-order valence-electron chi connectivity index (χ3n) is 2.08. The Balaban J connectivity index is 4.18. The summed E-state index contributed by atoms with van der Waals surface area (Å²) in [6.07, 6.45) is -5.91. The molecule has 0 aromatic rings. The fraction of sp³-hybridized carbons (Fsp3) is 0.889. The van der Waals surface area contributed by atoms with Crippen molar-refractivity contribution in [1.29, 1.82) is 0 Å². The minimum absolute atomic E-state index is 0.213. The Morgan fingerprint density at radius 1 is 1.31 bits per heavy atom. The quantitative estimate of drug-likeness (QED) is 0.713. The summed E-state index contributed by atoms with van der Waals surface area (Å²) in [6, 6.07) is 0. The van der Waals surface area contributed by atoms with Gasteiger partial charge in [0.15, 0.2) is 5.60 Å². The maximum atomic E-state index is 11.9. The SMILES string of the molecule is CC(CCCC(F)(F)F)(OCCO)C(=O)O. The van der Waals surface area contributed by atoms with E-state index < -0.39 is 24.2 Å². The summed E-state index contributed by atoms with van der Waals surface area (Å²) in [7, 11) is 0. The number of carboxylic acids is 1. The number of aliphatic hydroxyl groups is 1. The first-order valence-corrected chi connectivity index (χ1v) is 4.76. The molecular weight excluding hydrogens is 229 g/mol. The minimum Gasteiger partial charge on any atom is -0.479 e. The molecule has 1 atom stereocenters. The summed E-state index contributed by atoms with van der Waals surface area (Å²) in [6.45, 7) is 0.609. The van der Waals surface area contributed by atoms with E-state index in [0.29, 0.717) is 0 Å². The van der Waals surface area contributed by atoms with Gasteiger partial charge in [0.2, 0.25) is 0 Å². The number of hydrogen-bond acceptors (Lipinski definition) is 3. The minimum atomic E-state index is -4.30. The number of carboxylic acid groups (broad SMARTS) is 1. The average Bonchev–Trinajstić information content (AvgIpc) is 2.12. The topological polar surface area (TPSA) is 66.8 Å². The van der Waals surface area contributed by atoms with E-state index in [0.717, 1.165) is 0 Å². The van der Waals surface area contributed by atoms with Crippen LogP contribution in [-0.4, -0.2) is 41.2 Å². The third kappa shape index (κ3) is 5.92. The van der Waals surface area contributed by atoms with Gasteiger partial charge in [0.05, 0.1) is 13.2 Å². The highest BCUT2D eigenvalue weighted by molar-refractivity contribution is 5.76. The molecule has 0 radical (unpaired) electrons. The standard InChI is InChI=1S/C9H15F3O4/c1-8(7(14)15,16-6-5-13)3-2-4-9(10,11)12/h13H,2-6H2,1H3,(H,14,15). The van der Waals surface area contributed by atoms with Crippen LogP contribution in [0.1, 0.15) is 26.2 Å². The van der Waals surface area contributed by atoms with Gasteiger partial charge < -0.3 is 14.9 Å². The lowest BCUT2D eigenvalue weighted by molar-refractivity contribution is -0.168. The lowest BCUT2D eigenvalue weighted by Crippen LogP contribution is -2.39. The van der Waals surface area contributed by atoms with Crippen molar-refractivity contribution in [3.8, 4) is 0 Å². The second kappa shape index (κ2) is 6.05. The maximum Gasteiger partial charge on any atom is 0.389 e. The van der Waals surface area contributed by atoms with E-state index in [-0.39, 0.29) is 26.1 Å². The molecule has 0 saturated carbocycles. The summed E-state index contributed by atoms with van der Waals surface area (Å²) < 4.78 is 40.4. The Hall–Kier alpha value is -0.820. The van der Waals surface area contributed by atoms with Gasteiger partial charge in [-0.25, -0.2) is 4.79 Å². The molecule has 0 spiro atoms. The van der Waals surface area contributed by atoms with Gasteiger partial charge in [-0.3, -0.25) is 0 Å². The molecule has 0 aromatic heterocycles. The summed E-state index contributed by atoms with van der Waals surface area (Å²) in [5.74, 6) is -1.33. The van der Waals surface area contributed by atoms with Crippen molar-refractivity contribution in [2.24, 2.45) is 0 Å². The largest absolute Gasteiger partial charge is 0.479 e. The monoisotopic (exact) mass is 244 g/mol. The molecule has 0 aliphatic rings. The van der Waals surface area contributed by atoms with Crippen molar-refractivity contribution < 1.29 is 32.9 Å². The maximum absolute atomic E-state index is 11.9. The molecule has 4 nitrogen and oxygen atoms in total. The molecule has 0 heterocycles. The molecule has 0 aliphatic heterocycles. The summed E-state index contributed by atoms with van der Waals surface area (Å²) >= 11 is 0. The molecule has 0 amide bonds. The van der Waals surface area contributed by atoms with Gasteiger partial charge in [-0.1, -0.05) is 0 Å². The van der Waals surface area contributed by atoms with Gasteiger partial charge in [-0.15, -0.1) is 0 Å². The smallest absolute Gasteiger partial charge is 0.389 e. The zero-order valence-corrected chi connectivity index (χ0v) is 8.88. The van der Waals surface area contributed by atoms with Crippen LogP contribution in [0.2, 0.25) is 0 Å². The lowest BCUT2D eigenvalue weighted by atomic mass is 9.99. The number of hydrogen-bond donors (Lipinski definition) is 2. The molecule has 2 N–H and O–H groups in total. The molecule has 0 aromatic carbocycles. The molecule has 0 saturated heterocycles. The van der Waals surface area contributed by atoms with Gasteiger partial charge in [-0.05, 0) is 19.8 Å². The van der Waals surface area contributed by atoms with Gasteiger partial charge in [0, 0.05) is 6.42 Å². The van der Waals surface area contributed by atoms with Gasteiger partial charge in [-0.2, -0.15) is 13.2 Å². The molecule has 1 unspecified atom stereocenters. The molecule has 96 valence electrons. The number of aliphatic carboxylic acids is 1. The molecule has 0 rings (SSSR count). The zero-order valence-electron chi connectivity index (χ0n) is 8.88. The summed E-state index contributed by atoms with van der Waals surface area (Å²) in [5.41, 5.74) is -1.67. The highest BCUT2D eigenvalue weighted by Gasteiger charge is 2.35. The predicted octanol–water partition coefficient (Wildman–Crippen LogP) is 1.57. The van der Waals surface area contributed by atoms with Crippen LogP contribution in [0.4, 0.5) is 13.2 Å². The number of carbonyl (C=O) groups is 1. The number of alkyl halides is 3. The highest BCUT2D eigenvalue weighted by atomic mass is 19.4. The first-order chi connectivity index (χ1) is 7.21.